The van der Waals surface area contributed by atoms with Gasteiger partial charge in [-0.05, 0) is 44.6 Å². The summed E-state index contributed by atoms with van der Waals surface area (Å²) in [5, 5.41) is 7.00. The molecule has 27 heavy (non-hydrogen) atoms. The summed E-state index contributed by atoms with van der Waals surface area (Å²) >= 11 is 0. The molecule has 0 amide bonds. The summed E-state index contributed by atoms with van der Waals surface area (Å²) in [5.41, 5.74) is 0. The molecule has 2 fully saturated rings. The molecule has 7 nitrogen and oxygen atoms in total. The van der Waals surface area contributed by atoms with Gasteiger partial charge in [-0.1, -0.05) is 13.3 Å². The highest BCUT2D eigenvalue weighted by Gasteiger charge is 2.25. The van der Waals surface area contributed by atoms with Crippen LogP contribution in [0.15, 0.2) is 4.99 Å². The number of hydrogen-bond acceptors (Lipinski definition) is 4. The number of aliphatic imine (C=N–C) groups is 1. The monoisotopic (exact) mass is 515 g/mol. The minimum absolute atomic E-state index is 0. The number of rotatable bonds is 7. The zero-order chi connectivity index (χ0) is 19.0. The third-order valence-corrected chi connectivity index (χ3v) is 6.88. The zero-order valence-corrected chi connectivity index (χ0v) is 20.3. The average Bonchev–Trinajstić information content (AvgIpc) is 2.64. The first-order chi connectivity index (χ1) is 12.4. The third kappa shape index (κ3) is 8.82. The molecule has 0 saturated carbocycles. The van der Waals surface area contributed by atoms with E-state index in [0.717, 1.165) is 38.2 Å². The van der Waals surface area contributed by atoms with E-state index in [1.807, 2.05) is 7.05 Å². The van der Waals surface area contributed by atoms with Crippen molar-refractivity contribution in [1.82, 2.24) is 19.8 Å². The molecule has 0 aromatic rings. The van der Waals surface area contributed by atoms with Crippen molar-refractivity contribution in [1.29, 1.82) is 0 Å². The first-order valence-corrected chi connectivity index (χ1v) is 11.9. The van der Waals surface area contributed by atoms with Crippen molar-refractivity contribution in [3.63, 3.8) is 0 Å². The van der Waals surface area contributed by atoms with Crippen molar-refractivity contribution < 1.29 is 8.42 Å². The standard InChI is InChI=1S/C18H37N5O2S.HI/c1-4-5-10-22-11-8-17(9-12-22)21-18(19-2)20-15-16-6-13-23(14-7-16)26(3,24)25;/h16-17H,4-15H2,1-3H3,(H2,19,20,21);1H. The van der Waals surface area contributed by atoms with Gasteiger partial charge in [0, 0.05) is 45.8 Å². The van der Waals surface area contributed by atoms with E-state index in [9.17, 15) is 8.42 Å². The topological polar surface area (TPSA) is 77.0 Å². The molecule has 160 valence electrons. The number of hydrogen-bond donors (Lipinski definition) is 2. The SMILES string of the molecule is CCCCN1CCC(NC(=NC)NCC2CCN(S(C)(=O)=O)CC2)CC1.I. The molecule has 0 unspecified atom stereocenters. The van der Waals surface area contributed by atoms with Crippen LogP contribution in [0.4, 0.5) is 0 Å². The summed E-state index contributed by atoms with van der Waals surface area (Å²) in [4.78, 5) is 6.93. The van der Waals surface area contributed by atoms with Gasteiger partial charge < -0.3 is 15.5 Å². The van der Waals surface area contributed by atoms with Crippen LogP contribution >= 0.6 is 24.0 Å². The molecule has 0 radical (unpaired) electrons. The van der Waals surface area contributed by atoms with E-state index in [1.54, 1.807) is 4.31 Å². The highest BCUT2D eigenvalue weighted by Crippen LogP contribution is 2.18. The quantitative estimate of drug-likeness (QED) is 0.307. The van der Waals surface area contributed by atoms with Crippen LogP contribution in [0.1, 0.15) is 45.4 Å². The summed E-state index contributed by atoms with van der Waals surface area (Å²) in [6, 6.07) is 0.492. The molecule has 2 N–H and O–H groups in total. The largest absolute Gasteiger partial charge is 0.356 e. The minimum atomic E-state index is -3.04. The first kappa shape index (κ1) is 24.9. The Hall–Kier alpha value is -0.130. The van der Waals surface area contributed by atoms with E-state index < -0.39 is 10.0 Å². The van der Waals surface area contributed by atoms with Gasteiger partial charge >= 0.3 is 0 Å². The fourth-order valence-electron chi connectivity index (χ4n) is 3.76. The van der Waals surface area contributed by atoms with Crippen molar-refractivity contribution in [3.05, 3.63) is 0 Å². The Balaban J connectivity index is 0.00000364. The van der Waals surface area contributed by atoms with Gasteiger partial charge in [0.25, 0.3) is 0 Å². The predicted molar refractivity (Wildman–Crippen MR) is 123 cm³/mol. The molecular weight excluding hydrogens is 477 g/mol. The van der Waals surface area contributed by atoms with Gasteiger partial charge in [0.05, 0.1) is 6.26 Å². The summed E-state index contributed by atoms with van der Waals surface area (Å²) in [6.45, 7) is 7.92. The number of sulfonamides is 1. The highest BCUT2D eigenvalue weighted by molar-refractivity contribution is 14.0. The number of nitrogens with zero attached hydrogens (tertiary/aromatic N) is 3. The van der Waals surface area contributed by atoms with E-state index in [4.69, 9.17) is 0 Å². The Kier molecular flexibility index (Phi) is 11.5. The van der Waals surface area contributed by atoms with E-state index in [-0.39, 0.29) is 24.0 Å². The van der Waals surface area contributed by atoms with Gasteiger partial charge in [0.2, 0.25) is 10.0 Å². The lowest BCUT2D eigenvalue weighted by atomic mass is 9.98. The molecule has 2 saturated heterocycles. The summed E-state index contributed by atoms with van der Waals surface area (Å²) in [7, 11) is -1.22. The van der Waals surface area contributed by atoms with Crippen LogP contribution < -0.4 is 10.6 Å². The maximum absolute atomic E-state index is 11.6. The normalized spacial score (nSPS) is 21.7. The average molecular weight is 516 g/mol. The summed E-state index contributed by atoms with van der Waals surface area (Å²) in [5.74, 6) is 1.38. The fourth-order valence-corrected chi connectivity index (χ4v) is 4.63. The van der Waals surface area contributed by atoms with Crippen LogP contribution in [0.2, 0.25) is 0 Å². The highest BCUT2D eigenvalue weighted by atomic mass is 127. The van der Waals surface area contributed by atoms with Gasteiger partial charge in [0.15, 0.2) is 5.96 Å². The molecule has 9 heteroatoms. The van der Waals surface area contributed by atoms with Crippen molar-refractivity contribution in [2.75, 3.05) is 52.6 Å². The second-order valence-corrected chi connectivity index (χ2v) is 9.65. The smallest absolute Gasteiger partial charge is 0.211 e. The summed E-state index contributed by atoms with van der Waals surface area (Å²) < 4.78 is 24.8. The van der Waals surface area contributed by atoms with Crippen LogP contribution in [0.5, 0.6) is 0 Å². The molecule has 0 bridgehead atoms. The molecule has 2 rings (SSSR count). The predicted octanol–water partition coefficient (Wildman–Crippen LogP) is 1.71. The maximum atomic E-state index is 11.6. The molecule has 0 atom stereocenters. The second kappa shape index (κ2) is 12.4. The Bertz CT molecular complexity index is 542. The van der Waals surface area contributed by atoms with Crippen LogP contribution in [-0.4, -0.2) is 82.2 Å². The van der Waals surface area contributed by atoms with Gasteiger partial charge in [-0.25, -0.2) is 12.7 Å². The van der Waals surface area contributed by atoms with Crippen LogP contribution in [0.25, 0.3) is 0 Å². The Morgan fingerprint density at radius 1 is 1.11 bits per heavy atom. The first-order valence-electron chi connectivity index (χ1n) is 10.1. The summed E-state index contributed by atoms with van der Waals surface area (Å²) in [6.07, 6.45) is 8.00. The Morgan fingerprint density at radius 2 is 1.74 bits per heavy atom. The van der Waals surface area contributed by atoms with Crippen molar-refractivity contribution in [3.8, 4) is 0 Å². The number of likely N-dealkylation sites (tertiary alicyclic amines) is 1. The molecule has 2 heterocycles. The minimum Gasteiger partial charge on any atom is -0.356 e. The molecule has 0 spiro atoms. The van der Waals surface area contributed by atoms with Crippen molar-refractivity contribution in [2.45, 2.75) is 51.5 Å². The fraction of sp³-hybridized carbons (Fsp3) is 0.944. The van der Waals surface area contributed by atoms with Crippen LogP contribution in [0, 0.1) is 5.92 Å². The van der Waals surface area contributed by atoms with E-state index in [2.05, 4.69) is 27.4 Å². The van der Waals surface area contributed by atoms with Gasteiger partial charge in [-0.3, -0.25) is 4.99 Å². The van der Waals surface area contributed by atoms with Gasteiger partial charge in [0.1, 0.15) is 0 Å². The van der Waals surface area contributed by atoms with Crippen molar-refractivity contribution in [2.24, 2.45) is 10.9 Å². The molecule has 2 aliphatic heterocycles. The maximum Gasteiger partial charge on any atom is 0.211 e. The van der Waals surface area contributed by atoms with Crippen LogP contribution in [-0.2, 0) is 10.0 Å². The second-order valence-electron chi connectivity index (χ2n) is 7.67. The number of guanidine groups is 1. The number of nitrogens with one attached hydrogen (secondary N) is 2. The molecule has 0 aromatic heterocycles. The molecule has 0 aliphatic carbocycles. The van der Waals surface area contributed by atoms with E-state index in [0.29, 0.717) is 25.0 Å². The Labute approximate surface area is 182 Å². The van der Waals surface area contributed by atoms with Crippen molar-refractivity contribution >= 4 is 40.0 Å². The van der Waals surface area contributed by atoms with E-state index >= 15 is 0 Å². The lowest BCUT2D eigenvalue weighted by Gasteiger charge is -2.34. The number of piperidine rings is 2. The lowest BCUT2D eigenvalue weighted by Crippen LogP contribution is -2.50. The Morgan fingerprint density at radius 3 is 2.26 bits per heavy atom. The van der Waals surface area contributed by atoms with Crippen LogP contribution in [0.3, 0.4) is 0 Å². The van der Waals surface area contributed by atoms with Gasteiger partial charge in [-0.2, -0.15) is 0 Å². The molecule has 0 aromatic carbocycles. The molecule has 2 aliphatic rings. The number of unbranched alkanes of at least 4 members (excludes halogenated alkanes) is 1. The number of halogens is 1. The zero-order valence-electron chi connectivity index (χ0n) is 17.1. The third-order valence-electron chi connectivity index (χ3n) is 5.58. The molecular formula is C18H38IN5O2S. The van der Waals surface area contributed by atoms with Gasteiger partial charge in [-0.15, -0.1) is 24.0 Å². The lowest BCUT2D eigenvalue weighted by molar-refractivity contribution is 0.203. The van der Waals surface area contributed by atoms with E-state index in [1.165, 1.54) is 38.7 Å².